The molecule has 0 amide bonds. The van der Waals surface area contributed by atoms with Crippen LogP contribution in [-0.4, -0.2) is 11.7 Å². The standard InChI is InChI=1S/C17H19ClO2/c18-16-8-4-15(5-9-16)13-20-17-10-6-14(7-11-17)3-1-2-12-19/h4-11,19H,1-3,12-13H2. The van der Waals surface area contributed by atoms with Gasteiger partial charge in [-0.05, 0) is 54.7 Å². The SMILES string of the molecule is OCCCCc1ccc(OCc2ccc(Cl)cc2)cc1. The molecule has 0 saturated carbocycles. The van der Waals surface area contributed by atoms with Gasteiger partial charge in [0.1, 0.15) is 12.4 Å². The summed E-state index contributed by atoms with van der Waals surface area (Å²) in [7, 11) is 0. The molecule has 3 heteroatoms. The summed E-state index contributed by atoms with van der Waals surface area (Å²) in [4.78, 5) is 0. The number of aryl methyl sites for hydroxylation is 1. The predicted molar refractivity (Wildman–Crippen MR) is 82.2 cm³/mol. The fourth-order valence-electron chi connectivity index (χ4n) is 1.94. The Kier molecular flexibility index (Phi) is 5.90. The summed E-state index contributed by atoms with van der Waals surface area (Å²) in [6.07, 6.45) is 2.87. The third-order valence-corrected chi connectivity index (χ3v) is 3.37. The van der Waals surface area contributed by atoms with Gasteiger partial charge in [-0.2, -0.15) is 0 Å². The summed E-state index contributed by atoms with van der Waals surface area (Å²) in [5.41, 5.74) is 2.37. The lowest BCUT2D eigenvalue weighted by atomic mass is 10.1. The number of benzene rings is 2. The van der Waals surface area contributed by atoms with Crippen molar-refractivity contribution >= 4 is 11.6 Å². The van der Waals surface area contributed by atoms with E-state index in [0.717, 1.165) is 35.6 Å². The Labute approximate surface area is 125 Å². The van der Waals surface area contributed by atoms with Crippen molar-refractivity contribution in [1.82, 2.24) is 0 Å². The zero-order valence-corrected chi connectivity index (χ0v) is 12.1. The van der Waals surface area contributed by atoms with E-state index in [9.17, 15) is 0 Å². The Bertz CT molecular complexity index is 506. The Balaban J connectivity index is 1.82. The van der Waals surface area contributed by atoms with Gasteiger partial charge >= 0.3 is 0 Å². The van der Waals surface area contributed by atoms with Crippen molar-refractivity contribution in [2.75, 3.05) is 6.61 Å². The second-order valence-corrected chi connectivity index (χ2v) is 5.18. The molecule has 2 aromatic rings. The van der Waals surface area contributed by atoms with Gasteiger partial charge in [0.05, 0.1) is 0 Å². The first-order chi connectivity index (χ1) is 9.78. The highest BCUT2D eigenvalue weighted by atomic mass is 35.5. The van der Waals surface area contributed by atoms with Crippen molar-refractivity contribution < 1.29 is 9.84 Å². The summed E-state index contributed by atoms with van der Waals surface area (Å²) in [6, 6.07) is 15.8. The molecule has 1 N–H and O–H groups in total. The fourth-order valence-corrected chi connectivity index (χ4v) is 2.07. The molecule has 0 saturated heterocycles. The Morgan fingerprint density at radius 1 is 0.850 bits per heavy atom. The molecule has 0 radical (unpaired) electrons. The summed E-state index contributed by atoms with van der Waals surface area (Å²) in [6.45, 7) is 0.809. The average molecular weight is 291 g/mol. The molecule has 0 heterocycles. The van der Waals surface area contributed by atoms with Gasteiger partial charge in [0.25, 0.3) is 0 Å². The third-order valence-electron chi connectivity index (χ3n) is 3.12. The molecular weight excluding hydrogens is 272 g/mol. The Hall–Kier alpha value is -1.51. The van der Waals surface area contributed by atoms with E-state index in [-0.39, 0.29) is 6.61 Å². The lowest BCUT2D eigenvalue weighted by Gasteiger charge is -2.07. The summed E-state index contributed by atoms with van der Waals surface area (Å²) >= 11 is 5.84. The molecule has 0 aliphatic carbocycles. The molecule has 2 nitrogen and oxygen atoms in total. The van der Waals surface area contributed by atoms with Crippen molar-refractivity contribution in [2.45, 2.75) is 25.9 Å². The maximum absolute atomic E-state index is 8.76. The van der Waals surface area contributed by atoms with Gasteiger partial charge in [-0.3, -0.25) is 0 Å². The number of hydrogen-bond acceptors (Lipinski definition) is 2. The molecule has 20 heavy (non-hydrogen) atoms. The highest BCUT2D eigenvalue weighted by molar-refractivity contribution is 6.30. The quantitative estimate of drug-likeness (QED) is 0.773. The van der Waals surface area contributed by atoms with Crippen molar-refractivity contribution in [1.29, 1.82) is 0 Å². The van der Waals surface area contributed by atoms with Crippen LogP contribution in [0.25, 0.3) is 0 Å². The predicted octanol–water partition coefficient (Wildman–Crippen LogP) is 4.23. The van der Waals surface area contributed by atoms with Crippen molar-refractivity contribution in [3.8, 4) is 5.75 Å². The normalized spacial score (nSPS) is 10.5. The van der Waals surface area contributed by atoms with Crippen molar-refractivity contribution in [3.63, 3.8) is 0 Å². The molecule has 0 atom stereocenters. The Morgan fingerprint density at radius 2 is 1.50 bits per heavy atom. The topological polar surface area (TPSA) is 29.5 Å². The molecule has 2 aromatic carbocycles. The van der Waals surface area contributed by atoms with Gasteiger partial charge in [-0.15, -0.1) is 0 Å². The maximum atomic E-state index is 8.76. The van der Waals surface area contributed by atoms with Crippen LogP contribution in [0.4, 0.5) is 0 Å². The van der Waals surface area contributed by atoms with Gasteiger partial charge in [-0.1, -0.05) is 35.9 Å². The first kappa shape index (κ1) is 14.9. The van der Waals surface area contributed by atoms with E-state index >= 15 is 0 Å². The lowest BCUT2D eigenvalue weighted by molar-refractivity contribution is 0.284. The molecule has 0 bridgehead atoms. The van der Waals surface area contributed by atoms with Gasteiger partial charge in [0.15, 0.2) is 0 Å². The maximum Gasteiger partial charge on any atom is 0.119 e. The van der Waals surface area contributed by atoms with Crippen LogP contribution in [0.2, 0.25) is 5.02 Å². The van der Waals surface area contributed by atoms with E-state index in [1.807, 2.05) is 36.4 Å². The number of halogens is 1. The van der Waals surface area contributed by atoms with E-state index in [0.29, 0.717) is 6.61 Å². The van der Waals surface area contributed by atoms with Crippen LogP contribution >= 0.6 is 11.6 Å². The van der Waals surface area contributed by atoms with Crippen LogP contribution in [0, 0.1) is 0 Å². The minimum absolute atomic E-state index is 0.266. The van der Waals surface area contributed by atoms with Crippen LogP contribution in [-0.2, 0) is 13.0 Å². The van der Waals surface area contributed by atoms with E-state index in [2.05, 4.69) is 12.1 Å². The first-order valence-electron chi connectivity index (χ1n) is 6.85. The fraction of sp³-hybridized carbons (Fsp3) is 0.294. The van der Waals surface area contributed by atoms with E-state index < -0.39 is 0 Å². The monoisotopic (exact) mass is 290 g/mol. The molecule has 2 rings (SSSR count). The summed E-state index contributed by atoms with van der Waals surface area (Å²) < 4.78 is 5.73. The number of rotatable bonds is 7. The number of unbranched alkanes of at least 4 members (excludes halogenated alkanes) is 1. The van der Waals surface area contributed by atoms with E-state index in [4.69, 9.17) is 21.4 Å². The summed E-state index contributed by atoms with van der Waals surface area (Å²) in [5, 5.41) is 9.49. The molecule has 0 aliphatic rings. The highest BCUT2D eigenvalue weighted by Crippen LogP contribution is 2.16. The van der Waals surface area contributed by atoms with E-state index in [1.165, 1.54) is 5.56 Å². The van der Waals surface area contributed by atoms with Crippen LogP contribution in [0.15, 0.2) is 48.5 Å². The van der Waals surface area contributed by atoms with Gasteiger partial charge < -0.3 is 9.84 Å². The Morgan fingerprint density at radius 3 is 2.15 bits per heavy atom. The van der Waals surface area contributed by atoms with Crippen LogP contribution in [0.1, 0.15) is 24.0 Å². The molecule has 0 aliphatic heterocycles. The van der Waals surface area contributed by atoms with Crippen LogP contribution in [0.3, 0.4) is 0 Å². The van der Waals surface area contributed by atoms with Gasteiger partial charge in [0, 0.05) is 11.6 Å². The number of aliphatic hydroxyl groups excluding tert-OH is 1. The largest absolute Gasteiger partial charge is 0.489 e. The number of ether oxygens (including phenoxy) is 1. The van der Waals surface area contributed by atoms with Gasteiger partial charge in [-0.25, -0.2) is 0 Å². The average Bonchev–Trinajstić information content (AvgIpc) is 2.48. The molecule has 0 spiro atoms. The third kappa shape index (κ3) is 4.87. The summed E-state index contributed by atoms with van der Waals surface area (Å²) in [5.74, 6) is 0.867. The van der Waals surface area contributed by atoms with E-state index in [1.54, 1.807) is 0 Å². The first-order valence-corrected chi connectivity index (χ1v) is 7.23. The zero-order chi connectivity index (χ0) is 14.2. The lowest BCUT2D eigenvalue weighted by Crippen LogP contribution is -1.95. The van der Waals surface area contributed by atoms with Crippen LogP contribution < -0.4 is 4.74 Å². The minimum Gasteiger partial charge on any atom is -0.489 e. The minimum atomic E-state index is 0.266. The zero-order valence-electron chi connectivity index (χ0n) is 11.4. The highest BCUT2D eigenvalue weighted by Gasteiger charge is 1.98. The van der Waals surface area contributed by atoms with Crippen LogP contribution in [0.5, 0.6) is 5.75 Å². The second-order valence-electron chi connectivity index (χ2n) is 4.74. The number of hydrogen-bond donors (Lipinski definition) is 1. The molecule has 106 valence electrons. The number of aliphatic hydroxyl groups is 1. The second kappa shape index (κ2) is 7.93. The van der Waals surface area contributed by atoms with Crippen molar-refractivity contribution in [2.24, 2.45) is 0 Å². The molecular formula is C17H19ClO2. The molecule has 0 unspecified atom stereocenters. The molecule has 0 aromatic heterocycles. The smallest absolute Gasteiger partial charge is 0.119 e. The molecule has 0 fully saturated rings. The van der Waals surface area contributed by atoms with Crippen molar-refractivity contribution in [3.05, 3.63) is 64.7 Å². The van der Waals surface area contributed by atoms with Gasteiger partial charge in [0.2, 0.25) is 0 Å².